The number of aromatic amines is 1. The fourth-order valence-electron chi connectivity index (χ4n) is 2.97. The summed E-state index contributed by atoms with van der Waals surface area (Å²) >= 11 is 0. The van der Waals surface area contributed by atoms with E-state index in [4.69, 9.17) is 5.11 Å². The Hall–Kier alpha value is -2.44. The number of nitrogens with one attached hydrogen (secondary N) is 1. The molecule has 0 radical (unpaired) electrons. The number of aryl methyl sites for hydroxylation is 2. The lowest BCUT2D eigenvalue weighted by atomic mass is 9.96. The first-order valence-corrected chi connectivity index (χ1v) is 7.31. The minimum absolute atomic E-state index is 0.0798. The number of fused-ring (bicyclic) bond motifs is 1. The lowest BCUT2D eigenvalue weighted by Crippen LogP contribution is -2.40. The van der Waals surface area contributed by atoms with Crippen LogP contribution in [0.2, 0.25) is 0 Å². The minimum atomic E-state index is -0.778. The van der Waals surface area contributed by atoms with Gasteiger partial charge in [0.25, 0.3) is 5.91 Å². The first-order valence-electron chi connectivity index (χ1n) is 7.31. The molecule has 1 saturated heterocycles. The van der Waals surface area contributed by atoms with Crippen LogP contribution in [0.3, 0.4) is 0 Å². The molecule has 1 amide bonds. The molecule has 3 rings (SSSR count). The summed E-state index contributed by atoms with van der Waals surface area (Å²) in [5, 5.41) is 16.8. The van der Waals surface area contributed by atoms with Crippen LogP contribution in [0.4, 0.5) is 0 Å². The van der Waals surface area contributed by atoms with Gasteiger partial charge in [-0.15, -0.1) is 0 Å². The number of carboxylic acids is 1. The van der Waals surface area contributed by atoms with Crippen molar-refractivity contribution in [1.29, 1.82) is 0 Å². The van der Waals surface area contributed by atoms with Crippen molar-refractivity contribution < 1.29 is 14.7 Å². The maximum atomic E-state index is 12.8. The van der Waals surface area contributed by atoms with Crippen LogP contribution in [0.5, 0.6) is 0 Å². The number of piperidine rings is 1. The van der Waals surface area contributed by atoms with Crippen LogP contribution in [-0.4, -0.2) is 50.2 Å². The van der Waals surface area contributed by atoms with Gasteiger partial charge in [0.05, 0.1) is 16.9 Å². The Balaban J connectivity index is 1.90. The summed E-state index contributed by atoms with van der Waals surface area (Å²) in [6, 6.07) is 1.77. The van der Waals surface area contributed by atoms with Gasteiger partial charge in [-0.05, 0) is 32.8 Å². The minimum Gasteiger partial charge on any atom is -0.481 e. The Bertz CT molecular complexity index is 745. The summed E-state index contributed by atoms with van der Waals surface area (Å²) in [6.45, 7) is 4.63. The van der Waals surface area contributed by atoms with Crippen molar-refractivity contribution in [3.05, 3.63) is 23.0 Å². The van der Waals surface area contributed by atoms with Crippen molar-refractivity contribution in [2.75, 3.05) is 13.1 Å². The number of aromatic nitrogens is 3. The summed E-state index contributed by atoms with van der Waals surface area (Å²) in [5.41, 5.74) is 2.68. The first-order chi connectivity index (χ1) is 10.5. The van der Waals surface area contributed by atoms with Gasteiger partial charge >= 0.3 is 5.97 Å². The Morgan fingerprint density at radius 2 is 2.00 bits per heavy atom. The topological polar surface area (TPSA) is 99.2 Å². The molecule has 0 saturated carbocycles. The summed E-state index contributed by atoms with van der Waals surface area (Å²) in [5.74, 6) is -1.21. The molecule has 1 fully saturated rings. The Labute approximate surface area is 127 Å². The summed E-state index contributed by atoms with van der Waals surface area (Å²) in [7, 11) is 0. The standard InChI is InChI=1S/C15H18N4O3/c1-8-7-11(12-9(2)17-18-13(12)16-8)14(20)19-5-3-10(4-6-19)15(21)22/h7,10H,3-6H2,1-2H3,(H,21,22)(H,16,17,18). The highest BCUT2D eigenvalue weighted by molar-refractivity contribution is 6.06. The largest absolute Gasteiger partial charge is 0.481 e. The van der Waals surface area contributed by atoms with E-state index < -0.39 is 5.97 Å². The van der Waals surface area contributed by atoms with E-state index in [1.807, 2.05) is 13.8 Å². The van der Waals surface area contributed by atoms with Crippen molar-refractivity contribution in [2.45, 2.75) is 26.7 Å². The molecule has 7 nitrogen and oxygen atoms in total. The van der Waals surface area contributed by atoms with E-state index in [9.17, 15) is 9.59 Å². The van der Waals surface area contributed by atoms with E-state index in [0.29, 0.717) is 37.1 Å². The molecule has 3 heterocycles. The highest BCUT2D eigenvalue weighted by Gasteiger charge is 2.29. The second-order valence-corrected chi connectivity index (χ2v) is 5.76. The number of amides is 1. The number of rotatable bonds is 2. The third-order valence-electron chi connectivity index (χ3n) is 4.19. The highest BCUT2D eigenvalue weighted by atomic mass is 16.4. The fraction of sp³-hybridized carbons (Fsp3) is 0.467. The lowest BCUT2D eigenvalue weighted by molar-refractivity contribution is -0.143. The third-order valence-corrected chi connectivity index (χ3v) is 4.19. The van der Waals surface area contributed by atoms with Gasteiger partial charge < -0.3 is 10.0 Å². The molecule has 116 valence electrons. The molecule has 2 aromatic rings. The summed E-state index contributed by atoms with van der Waals surface area (Å²) < 4.78 is 0. The maximum absolute atomic E-state index is 12.8. The van der Waals surface area contributed by atoms with Crippen molar-refractivity contribution in [1.82, 2.24) is 20.1 Å². The summed E-state index contributed by atoms with van der Waals surface area (Å²) in [6.07, 6.45) is 0.997. The van der Waals surface area contributed by atoms with E-state index in [0.717, 1.165) is 16.8 Å². The quantitative estimate of drug-likeness (QED) is 0.876. The second kappa shape index (κ2) is 5.40. The van der Waals surface area contributed by atoms with Gasteiger partial charge in [-0.1, -0.05) is 0 Å². The molecule has 0 bridgehead atoms. The predicted octanol–water partition coefficient (Wildman–Crippen LogP) is 1.51. The maximum Gasteiger partial charge on any atom is 0.306 e. The number of aliphatic carboxylic acids is 1. The third kappa shape index (κ3) is 2.43. The Kier molecular flexibility index (Phi) is 3.56. The Morgan fingerprint density at radius 3 is 2.64 bits per heavy atom. The monoisotopic (exact) mass is 302 g/mol. The number of carbonyl (C=O) groups is 2. The highest BCUT2D eigenvalue weighted by Crippen LogP contribution is 2.24. The van der Waals surface area contributed by atoms with E-state index in [1.165, 1.54) is 0 Å². The molecular formula is C15H18N4O3. The predicted molar refractivity (Wildman–Crippen MR) is 79.6 cm³/mol. The number of carbonyl (C=O) groups excluding carboxylic acids is 1. The summed E-state index contributed by atoms with van der Waals surface area (Å²) in [4.78, 5) is 29.9. The van der Waals surface area contributed by atoms with Gasteiger partial charge in [-0.25, -0.2) is 4.98 Å². The average molecular weight is 302 g/mol. The average Bonchev–Trinajstić information content (AvgIpc) is 2.87. The zero-order chi connectivity index (χ0) is 15.9. The molecule has 2 N–H and O–H groups in total. The molecule has 1 aliphatic rings. The second-order valence-electron chi connectivity index (χ2n) is 5.76. The molecule has 0 aromatic carbocycles. The van der Waals surface area contributed by atoms with Crippen LogP contribution >= 0.6 is 0 Å². The molecule has 1 aliphatic heterocycles. The number of carboxylic acid groups (broad SMARTS) is 1. The number of hydrogen-bond acceptors (Lipinski definition) is 4. The van der Waals surface area contributed by atoms with Gasteiger partial charge in [0, 0.05) is 24.5 Å². The van der Waals surface area contributed by atoms with Crippen LogP contribution < -0.4 is 0 Å². The number of pyridine rings is 1. The van der Waals surface area contributed by atoms with Crippen LogP contribution in [0.1, 0.15) is 34.6 Å². The van der Waals surface area contributed by atoms with Gasteiger partial charge in [0.15, 0.2) is 5.65 Å². The zero-order valence-corrected chi connectivity index (χ0v) is 12.6. The normalized spacial score (nSPS) is 16.2. The van der Waals surface area contributed by atoms with Crippen molar-refractivity contribution in [2.24, 2.45) is 5.92 Å². The number of H-pyrrole nitrogens is 1. The van der Waals surface area contributed by atoms with E-state index in [-0.39, 0.29) is 11.8 Å². The number of nitrogens with zero attached hydrogens (tertiary/aromatic N) is 3. The molecule has 0 aliphatic carbocycles. The molecule has 0 atom stereocenters. The van der Waals surface area contributed by atoms with E-state index >= 15 is 0 Å². The number of likely N-dealkylation sites (tertiary alicyclic amines) is 1. The molecule has 2 aromatic heterocycles. The molecule has 22 heavy (non-hydrogen) atoms. The zero-order valence-electron chi connectivity index (χ0n) is 12.6. The SMILES string of the molecule is Cc1cc(C(=O)N2CCC(C(=O)O)CC2)c2c(C)[nH]nc2n1. The van der Waals surface area contributed by atoms with Crippen LogP contribution in [0, 0.1) is 19.8 Å². The Morgan fingerprint density at radius 1 is 1.32 bits per heavy atom. The van der Waals surface area contributed by atoms with Gasteiger partial charge in [0.2, 0.25) is 0 Å². The van der Waals surface area contributed by atoms with Crippen LogP contribution in [0.25, 0.3) is 11.0 Å². The van der Waals surface area contributed by atoms with Crippen molar-refractivity contribution in [3.63, 3.8) is 0 Å². The first kappa shape index (κ1) is 14.5. The fourth-order valence-corrected chi connectivity index (χ4v) is 2.97. The van der Waals surface area contributed by atoms with Crippen molar-refractivity contribution in [3.8, 4) is 0 Å². The molecule has 0 unspecified atom stereocenters. The molecular weight excluding hydrogens is 284 g/mol. The van der Waals surface area contributed by atoms with Crippen molar-refractivity contribution >= 4 is 22.9 Å². The van der Waals surface area contributed by atoms with Gasteiger partial charge in [0.1, 0.15) is 0 Å². The van der Waals surface area contributed by atoms with Crippen LogP contribution in [0.15, 0.2) is 6.07 Å². The van der Waals surface area contributed by atoms with Gasteiger partial charge in [-0.2, -0.15) is 5.10 Å². The van der Waals surface area contributed by atoms with Crippen LogP contribution in [-0.2, 0) is 4.79 Å². The molecule has 0 spiro atoms. The number of hydrogen-bond donors (Lipinski definition) is 2. The smallest absolute Gasteiger partial charge is 0.306 e. The molecule has 7 heteroatoms. The van der Waals surface area contributed by atoms with E-state index in [2.05, 4.69) is 15.2 Å². The lowest BCUT2D eigenvalue weighted by Gasteiger charge is -2.30. The van der Waals surface area contributed by atoms with Gasteiger partial charge in [-0.3, -0.25) is 14.7 Å². The van der Waals surface area contributed by atoms with E-state index in [1.54, 1.807) is 11.0 Å².